The van der Waals surface area contributed by atoms with E-state index in [0.717, 1.165) is 16.7 Å². The average molecular weight is 1200 g/mol. The highest BCUT2D eigenvalue weighted by Gasteiger charge is 2.56. The molecule has 25 atom stereocenters. The maximum Gasteiger partial charge on any atom is 0.176 e. The molecule has 0 spiro atoms. The number of hydrogen-bond acceptors (Lipinski definition) is 26. The van der Waals surface area contributed by atoms with Gasteiger partial charge >= 0.3 is 0 Å². The lowest BCUT2D eigenvalue weighted by molar-refractivity contribution is -0.366. The Morgan fingerprint density at radius 2 is 0.647 bits per heavy atom. The molecule has 0 aliphatic carbocycles. The minimum atomic E-state index is -1.74. The zero-order chi connectivity index (χ0) is 60.6. The summed E-state index contributed by atoms with van der Waals surface area (Å²) < 4.78 is 67.1. The Balaban J connectivity index is 0.951. The summed E-state index contributed by atoms with van der Waals surface area (Å²) in [5.41, 5.74) is 15.9. The summed E-state index contributed by atoms with van der Waals surface area (Å²) in [5.74, 6) is 0. The van der Waals surface area contributed by atoms with Crippen molar-refractivity contribution in [3.63, 3.8) is 0 Å². The molecular weight excluding hydrogens is 1110 g/mol. The van der Waals surface area contributed by atoms with Crippen LogP contribution in [0.5, 0.6) is 0 Å². The molecule has 5 aliphatic rings. The second-order valence-electron chi connectivity index (χ2n) is 21.3. The summed E-state index contributed by atoms with van der Waals surface area (Å²) in [4.78, 5) is 0. The highest BCUT2D eigenvalue weighted by molar-refractivity contribution is 5.50. The fourth-order valence-corrected chi connectivity index (χ4v) is 11.2. The molecule has 8 rings (SSSR count). The predicted molar refractivity (Wildman–Crippen MR) is 304 cm³/mol. The van der Waals surface area contributed by atoms with Crippen molar-refractivity contribution in [3.8, 4) is 0 Å². The fourth-order valence-electron chi connectivity index (χ4n) is 11.2. The minimum Gasteiger partial charge on any atom is -0.394 e. The van der Waals surface area contributed by atoms with E-state index in [1.165, 1.54) is 14.2 Å². The number of aliphatic hydroxyl groups is 10. The summed E-state index contributed by atoms with van der Waals surface area (Å²) in [6, 6.07) is 22.4. The van der Waals surface area contributed by atoms with Crippen molar-refractivity contribution >= 4 is 18.2 Å². The number of nitrogens with two attached hydrogens (primary N) is 2. The number of rotatable bonds is 27. The molecule has 85 heavy (non-hydrogen) atoms. The van der Waals surface area contributed by atoms with Gasteiger partial charge < -0.3 is 131 Å². The molecule has 25 unspecified atom stereocenters. The lowest BCUT2D eigenvalue weighted by Gasteiger charge is -2.51. The van der Waals surface area contributed by atoms with Gasteiger partial charge in [0.1, 0.15) is 91.6 Å². The van der Waals surface area contributed by atoms with E-state index in [-0.39, 0.29) is 19.6 Å². The topological polar surface area (TPSA) is 392 Å². The van der Waals surface area contributed by atoms with Crippen LogP contribution in [0.3, 0.4) is 0 Å². The van der Waals surface area contributed by atoms with Gasteiger partial charge in [-0.2, -0.15) is 0 Å². The quantitative estimate of drug-likeness (QED) is 0.0349. The van der Waals surface area contributed by atoms with E-state index >= 15 is 0 Å². The molecule has 5 saturated heterocycles. The van der Waals surface area contributed by atoms with Crippen LogP contribution < -0.4 is 27.4 Å². The van der Waals surface area contributed by atoms with Crippen LogP contribution in [0.15, 0.2) is 109 Å². The normalized spacial score (nSPS) is 39.2. The molecule has 26 heteroatoms. The van der Waals surface area contributed by atoms with Crippen LogP contribution in [-0.4, -0.2) is 271 Å². The Hall–Kier alpha value is -4.16. The van der Waals surface area contributed by atoms with Gasteiger partial charge in [0.25, 0.3) is 0 Å². The average Bonchev–Trinajstić information content (AvgIpc) is 3.14. The summed E-state index contributed by atoms with van der Waals surface area (Å²) in [5, 5.41) is 122. The highest BCUT2D eigenvalue weighted by Crippen LogP contribution is 2.36. The summed E-state index contributed by atoms with van der Waals surface area (Å²) in [7, 11) is 2.75. The molecule has 3 aromatic carbocycles. The largest absolute Gasteiger partial charge is 0.394 e. The summed E-state index contributed by atoms with van der Waals surface area (Å²) in [6.45, 7) is -2.97. The number of methoxy groups -OCH3 is 2. The third-order valence-corrected chi connectivity index (χ3v) is 15.8. The lowest BCUT2D eigenvalue weighted by Crippen LogP contribution is -2.71. The van der Waals surface area contributed by atoms with Crippen LogP contribution in [0.25, 0.3) is 18.2 Å². The first-order valence-corrected chi connectivity index (χ1v) is 28.5. The molecule has 0 aromatic heterocycles. The van der Waals surface area contributed by atoms with E-state index in [2.05, 4.69) is 16.0 Å². The van der Waals surface area contributed by atoms with Gasteiger partial charge in [-0.25, -0.2) is 0 Å². The third kappa shape index (κ3) is 16.6. The molecular formula is C59H85N5O21. The SMILES string of the molecule is COC1OC(CO)C(OC2OC(CO)C(OC3OC(CO)C(OC4OC(CO)C(OC5OC(CO)C(OC)C(O)C5NC/C=C/c5ccccc5)C(O)C4NC/C=C/c4ccccc4)C(O)C3N)C(O)C2N)C(O)C1NC/C=C/c1ccccc1. The van der Waals surface area contributed by atoms with Gasteiger partial charge in [-0.3, -0.25) is 0 Å². The zero-order valence-corrected chi connectivity index (χ0v) is 47.3. The van der Waals surface area contributed by atoms with Crippen LogP contribution in [0.4, 0.5) is 0 Å². The van der Waals surface area contributed by atoms with E-state index in [0.29, 0.717) is 0 Å². The maximum atomic E-state index is 12.4. The van der Waals surface area contributed by atoms with Gasteiger partial charge in [0, 0.05) is 33.9 Å². The van der Waals surface area contributed by atoms with Crippen molar-refractivity contribution in [2.45, 2.75) is 153 Å². The standard InChI is InChI=1S/C59H85N5O21/c1-75-50-35(27-65)80-58(43(47(50)72)63-25-13-22-33-17-8-4-9-18-33)85-54-39(31-69)81-59(44(49(54)74)64-26-14-23-34-19-10-5-11-20-34)84-52-37(29-67)78-55(41(61)46(52)71)82-51-36(28-66)77-56(40(60)45(51)70)83-53-38(30-68)79-57(76-2)42(48(53)73)62-24-12-21-32-15-6-3-7-16-32/h3-23,35-59,62-74H,24-31,60-61H2,1-2H3/b21-12+,22-13+,23-14+. The van der Waals surface area contributed by atoms with Crippen molar-refractivity contribution in [1.29, 1.82) is 0 Å². The van der Waals surface area contributed by atoms with Crippen LogP contribution in [0.2, 0.25) is 0 Å². The number of ether oxygens (including phenoxy) is 11. The Labute approximate surface area is 493 Å². The monoisotopic (exact) mass is 1200 g/mol. The van der Waals surface area contributed by atoms with Crippen molar-refractivity contribution in [2.24, 2.45) is 11.5 Å². The van der Waals surface area contributed by atoms with E-state index in [1.54, 1.807) is 6.08 Å². The predicted octanol–water partition coefficient (Wildman–Crippen LogP) is -3.75. The molecule has 17 N–H and O–H groups in total. The van der Waals surface area contributed by atoms with Crippen molar-refractivity contribution in [1.82, 2.24) is 16.0 Å². The summed E-state index contributed by atoms with van der Waals surface area (Å²) in [6.07, 6.45) is -17.0. The Kier molecular flexibility index (Phi) is 25.8. The fraction of sp³-hybridized carbons (Fsp3) is 0.593. The molecule has 26 nitrogen and oxygen atoms in total. The number of hydrogen-bond donors (Lipinski definition) is 15. The first-order valence-electron chi connectivity index (χ1n) is 28.5. The molecule has 5 fully saturated rings. The molecule has 5 heterocycles. The first-order chi connectivity index (χ1) is 41.3. The first kappa shape index (κ1) is 66.8. The second kappa shape index (κ2) is 32.9. The van der Waals surface area contributed by atoms with Gasteiger partial charge in [0.05, 0.1) is 63.2 Å². The van der Waals surface area contributed by atoms with Crippen molar-refractivity contribution < 1.29 is 103 Å². The molecule has 472 valence electrons. The smallest absolute Gasteiger partial charge is 0.176 e. The van der Waals surface area contributed by atoms with Gasteiger partial charge in [-0.15, -0.1) is 0 Å². The van der Waals surface area contributed by atoms with Gasteiger partial charge in [-0.05, 0) is 16.7 Å². The second-order valence-corrected chi connectivity index (χ2v) is 21.3. The van der Waals surface area contributed by atoms with Crippen LogP contribution in [-0.2, 0) is 52.1 Å². The Morgan fingerprint density at radius 3 is 0.965 bits per heavy atom. The van der Waals surface area contributed by atoms with Crippen molar-refractivity contribution in [2.75, 3.05) is 66.9 Å². The van der Waals surface area contributed by atoms with E-state index in [1.807, 2.05) is 121 Å². The van der Waals surface area contributed by atoms with E-state index in [4.69, 9.17) is 63.6 Å². The maximum absolute atomic E-state index is 12.4. The zero-order valence-electron chi connectivity index (χ0n) is 47.3. The molecule has 0 radical (unpaired) electrons. The Morgan fingerprint density at radius 1 is 0.376 bits per heavy atom. The van der Waals surface area contributed by atoms with Crippen LogP contribution in [0, 0.1) is 0 Å². The number of aliphatic hydroxyl groups excluding tert-OH is 10. The molecule has 3 aromatic rings. The number of nitrogens with one attached hydrogen (secondary N) is 3. The van der Waals surface area contributed by atoms with Gasteiger partial charge in [0.2, 0.25) is 0 Å². The third-order valence-electron chi connectivity index (χ3n) is 15.8. The molecule has 0 bridgehead atoms. The van der Waals surface area contributed by atoms with E-state index < -0.39 is 186 Å². The Bertz CT molecular complexity index is 2480. The van der Waals surface area contributed by atoms with Gasteiger partial charge in [0.15, 0.2) is 31.5 Å². The molecule has 5 aliphatic heterocycles. The number of benzene rings is 3. The molecule has 0 saturated carbocycles. The van der Waals surface area contributed by atoms with Crippen LogP contribution in [0.1, 0.15) is 16.7 Å². The molecule has 0 amide bonds. The summed E-state index contributed by atoms with van der Waals surface area (Å²) >= 11 is 0. The van der Waals surface area contributed by atoms with Gasteiger partial charge in [-0.1, -0.05) is 127 Å². The minimum absolute atomic E-state index is 0.0971. The van der Waals surface area contributed by atoms with Crippen molar-refractivity contribution in [3.05, 3.63) is 126 Å². The highest BCUT2D eigenvalue weighted by atomic mass is 16.8. The lowest BCUT2D eigenvalue weighted by atomic mass is 9.93. The van der Waals surface area contributed by atoms with Crippen LogP contribution >= 0.6 is 0 Å². The van der Waals surface area contributed by atoms with E-state index in [9.17, 15) is 51.1 Å².